The lowest BCUT2D eigenvalue weighted by Crippen LogP contribution is -2.08. The third kappa shape index (κ3) is 4.33. The summed E-state index contributed by atoms with van der Waals surface area (Å²) in [5, 5.41) is 6.89. The van der Waals surface area contributed by atoms with E-state index in [1.165, 1.54) is 5.70 Å². The molecular formula is C25H23N5O. The van der Waals surface area contributed by atoms with Crippen LogP contribution < -0.4 is 10.6 Å². The number of anilines is 3. The molecule has 3 heterocycles. The van der Waals surface area contributed by atoms with Crippen LogP contribution in [0, 0.1) is 6.92 Å². The third-order valence-corrected chi connectivity index (χ3v) is 5.11. The standard InChI is InChI=1S/C25H23N5O/c1-16-12-21(8-10-26-16)28-19-5-3-4-18(14-19)25-30-23-15-20(6-7-24(23)31-25)29-22-9-11-27-17(2)13-22/h3-7,9,11-15,28H,8,10H2,1-2H3,(H,27,29). The van der Waals surface area contributed by atoms with Crippen LogP contribution in [0.2, 0.25) is 0 Å². The Hall–Kier alpha value is -3.93. The van der Waals surface area contributed by atoms with Crippen molar-refractivity contribution in [1.29, 1.82) is 0 Å². The van der Waals surface area contributed by atoms with Gasteiger partial charge in [0.2, 0.25) is 5.89 Å². The average molecular weight is 409 g/mol. The molecule has 1 aliphatic heterocycles. The van der Waals surface area contributed by atoms with Crippen LogP contribution in [0.1, 0.15) is 19.0 Å². The smallest absolute Gasteiger partial charge is 0.227 e. The fraction of sp³-hybridized carbons (Fsp3) is 0.160. The Bertz CT molecular complexity index is 1320. The van der Waals surface area contributed by atoms with E-state index >= 15 is 0 Å². The fourth-order valence-electron chi connectivity index (χ4n) is 3.66. The number of hydrogen-bond donors (Lipinski definition) is 2. The molecule has 2 aromatic carbocycles. The number of allylic oxidation sites excluding steroid dienone is 1. The molecule has 154 valence electrons. The van der Waals surface area contributed by atoms with E-state index in [4.69, 9.17) is 9.40 Å². The van der Waals surface area contributed by atoms with Gasteiger partial charge in [0.15, 0.2) is 5.58 Å². The van der Waals surface area contributed by atoms with Gasteiger partial charge in [0.1, 0.15) is 5.52 Å². The van der Waals surface area contributed by atoms with Gasteiger partial charge in [-0.2, -0.15) is 0 Å². The lowest BCUT2D eigenvalue weighted by atomic mass is 10.1. The molecule has 0 bridgehead atoms. The van der Waals surface area contributed by atoms with Crippen molar-refractivity contribution in [2.45, 2.75) is 20.3 Å². The zero-order valence-electron chi connectivity index (χ0n) is 17.5. The summed E-state index contributed by atoms with van der Waals surface area (Å²) in [4.78, 5) is 13.4. The highest BCUT2D eigenvalue weighted by Crippen LogP contribution is 2.29. The number of nitrogens with zero attached hydrogens (tertiary/aromatic N) is 3. The van der Waals surface area contributed by atoms with Gasteiger partial charge in [0, 0.05) is 58.9 Å². The highest BCUT2D eigenvalue weighted by molar-refractivity contribution is 5.94. The second kappa shape index (κ2) is 8.07. The van der Waals surface area contributed by atoms with Gasteiger partial charge in [-0.25, -0.2) is 4.98 Å². The number of hydrogen-bond acceptors (Lipinski definition) is 6. The number of fused-ring (bicyclic) bond motifs is 1. The highest BCUT2D eigenvalue weighted by Gasteiger charge is 2.11. The minimum absolute atomic E-state index is 0.603. The lowest BCUT2D eigenvalue weighted by molar-refractivity contribution is 0.620. The van der Waals surface area contributed by atoms with Crippen LogP contribution in [0.3, 0.4) is 0 Å². The van der Waals surface area contributed by atoms with Gasteiger partial charge >= 0.3 is 0 Å². The molecule has 6 nitrogen and oxygen atoms in total. The van der Waals surface area contributed by atoms with Gasteiger partial charge in [-0.1, -0.05) is 6.07 Å². The summed E-state index contributed by atoms with van der Waals surface area (Å²) in [6, 6.07) is 18.0. The molecule has 31 heavy (non-hydrogen) atoms. The van der Waals surface area contributed by atoms with E-state index < -0.39 is 0 Å². The van der Waals surface area contributed by atoms with Crippen molar-refractivity contribution in [2.24, 2.45) is 4.99 Å². The number of aliphatic imine (C=N–C) groups is 1. The minimum Gasteiger partial charge on any atom is -0.436 e. The maximum absolute atomic E-state index is 6.03. The molecule has 0 fully saturated rings. The number of oxazole rings is 1. The predicted octanol–water partition coefficient (Wildman–Crippen LogP) is 6.10. The molecule has 0 saturated carbocycles. The quantitative estimate of drug-likeness (QED) is 0.416. The number of aryl methyl sites for hydroxylation is 1. The van der Waals surface area contributed by atoms with Gasteiger partial charge in [-0.3, -0.25) is 9.98 Å². The Morgan fingerprint density at radius 3 is 2.65 bits per heavy atom. The first-order valence-corrected chi connectivity index (χ1v) is 10.3. The average Bonchev–Trinajstić information content (AvgIpc) is 3.18. The summed E-state index contributed by atoms with van der Waals surface area (Å²) in [7, 11) is 0. The normalized spacial score (nSPS) is 13.6. The number of dihydropyridines is 1. The Morgan fingerprint density at radius 2 is 1.77 bits per heavy atom. The summed E-state index contributed by atoms with van der Waals surface area (Å²) < 4.78 is 6.03. The van der Waals surface area contributed by atoms with E-state index in [-0.39, 0.29) is 0 Å². The number of rotatable bonds is 5. The van der Waals surface area contributed by atoms with Crippen LogP contribution in [0.4, 0.5) is 17.1 Å². The maximum Gasteiger partial charge on any atom is 0.227 e. The highest BCUT2D eigenvalue weighted by atomic mass is 16.3. The summed E-state index contributed by atoms with van der Waals surface area (Å²) >= 11 is 0. The van der Waals surface area contributed by atoms with Crippen molar-refractivity contribution in [3.8, 4) is 11.5 Å². The SMILES string of the molecule is CC1=NCCC(Nc2cccc(-c3nc4cc(Nc5ccnc(C)c5)ccc4o3)c2)=C1. The number of nitrogens with one attached hydrogen (secondary N) is 2. The molecule has 4 aromatic rings. The topological polar surface area (TPSA) is 75.3 Å². The van der Waals surface area contributed by atoms with Gasteiger partial charge in [-0.15, -0.1) is 0 Å². The molecular weight excluding hydrogens is 386 g/mol. The van der Waals surface area contributed by atoms with Crippen LogP contribution in [0.25, 0.3) is 22.6 Å². The Labute approximate surface area is 180 Å². The van der Waals surface area contributed by atoms with Crippen LogP contribution in [0.15, 0.2) is 82.0 Å². The van der Waals surface area contributed by atoms with E-state index in [1.54, 1.807) is 6.20 Å². The number of pyridine rings is 1. The zero-order chi connectivity index (χ0) is 21.2. The van der Waals surface area contributed by atoms with Gasteiger partial charge in [0.25, 0.3) is 0 Å². The van der Waals surface area contributed by atoms with E-state index in [1.807, 2.05) is 62.4 Å². The first-order chi connectivity index (χ1) is 15.1. The summed E-state index contributed by atoms with van der Waals surface area (Å²) in [6.07, 6.45) is 4.80. The van der Waals surface area contributed by atoms with Crippen molar-refractivity contribution in [3.63, 3.8) is 0 Å². The monoisotopic (exact) mass is 409 g/mol. The second-order valence-electron chi connectivity index (χ2n) is 7.66. The Balaban J connectivity index is 1.39. The zero-order valence-corrected chi connectivity index (χ0v) is 17.5. The van der Waals surface area contributed by atoms with Gasteiger partial charge < -0.3 is 15.1 Å². The fourth-order valence-corrected chi connectivity index (χ4v) is 3.66. The molecule has 0 aliphatic carbocycles. The van der Waals surface area contributed by atoms with Crippen LogP contribution in [-0.2, 0) is 0 Å². The minimum atomic E-state index is 0.603. The van der Waals surface area contributed by atoms with Gasteiger partial charge in [0.05, 0.1) is 0 Å². The molecule has 0 unspecified atom stereocenters. The van der Waals surface area contributed by atoms with Crippen LogP contribution in [-0.4, -0.2) is 22.2 Å². The molecule has 1 aliphatic rings. The van der Waals surface area contributed by atoms with E-state index in [0.717, 1.165) is 58.1 Å². The molecule has 6 heteroatoms. The molecule has 0 radical (unpaired) electrons. The molecule has 0 atom stereocenters. The molecule has 2 aromatic heterocycles. The van der Waals surface area contributed by atoms with Crippen molar-refractivity contribution >= 4 is 33.9 Å². The van der Waals surface area contributed by atoms with Crippen LogP contribution >= 0.6 is 0 Å². The second-order valence-corrected chi connectivity index (χ2v) is 7.66. The van der Waals surface area contributed by atoms with E-state index in [0.29, 0.717) is 5.89 Å². The summed E-state index contributed by atoms with van der Waals surface area (Å²) in [5.74, 6) is 0.603. The maximum atomic E-state index is 6.03. The lowest BCUT2D eigenvalue weighted by Gasteiger charge is -2.14. The first kappa shape index (κ1) is 19.1. The molecule has 0 saturated heterocycles. The van der Waals surface area contributed by atoms with E-state index in [2.05, 4.69) is 32.8 Å². The van der Waals surface area contributed by atoms with E-state index in [9.17, 15) is 0 Å². The number of benzene rings is 2. The van der Waals surface area contributed by atoms with Gasteiger partial charge in [-0.05, 0) is 68.5 Å². The van der Waals surface area contributed by atoms with Crippen LogP contribution in [0.5, 0.6) is 0 Å². The summed E-state index contributed by atoms with van der Waals surface area (Å²) in [6.45, 7) is 4.82. The number of aromatic nitrogens is 2. The predicted molar refractivity (Wildman–Crippen MR) is 126 cm³/mol. The Morgan fingerprint density at radius 1 is 0.903 bits per heavy atom. The third-order valence-electron chi connectivity index (χ3n) is 5.11. The molecule has 0 amide bonds. The first-order valence-electron chi connectivity index (χ1n) is 10.3. The summed E-state index contributed by atoms with van der Waals surface area (Å²) in [5.41, 5.74) is 8.64. The van der Waals surface area contributed by atoms with Crippen molar-refractivity contribution in [3.05, 3.63) is 78.3 Å². The Kier molecular flexibility index (Phi) is 4.96. The molecule has 2 N–H and O–H groups in total. The van der Waals surface area contributed by atoms with Crippen molar-refractivity contribution in [2.75, 3.05) is 17.2 Å². The molecule has 5 rings (SSSR count). The largest absolute Gasteiger partial charge is 0.436 e. The van der Waals surface area contributed by atoms with Crippen molar-refractivity contribution in [1.82, 2.24) is 9.97 Å². The molecule has 0 spiro atoms. The van der Waals surface area contributed by atoms with Crippen molar-refractivity contribution < 1.29 is 4.42 Å².